The average molecular weight is 290 g/mol. The summed E-state index contributed by atoms with van der Waals surface area (Å²) in [6.07, 6.45) is 7.32. The highest BCUT2D eigenvalue weighted by Gasteiger charge is 2.64. The molecule has 0 radical (unpaired) electrons. The summed E-state index contributed by atoms with van der Waals surface area (Å²) < 4.78 is 0. The van der Waals surface area contributed by atoms with Gasteiger partial charge in [0, 0.05) is 5.56 Å². The molecule has 0 amide bonds. The van der Waals surface area contributed by atoms with E-state index in [9.17, 15) is 9.59 Å². The molecule has 3 rings (SSSR count). The van der Waals surface area contributed by atoms with Gasteiger partial charge in [0.1, 0.15) is 0 Å². The van der Waals surface area contributed by atoms with E-state index in [-0.39, 0.29) is 11.6 Å². The van der Waals surface area contributed by atoms with Crippen molar-refractivity contribution in [1.29, 1.82) is 0 Å². The molecule has 2 aliphatic rings. The van der Waals surface area contributed by atoms with E-state index in [4.69, 9.17) is 6.42 Å². The van der Waals surface area contributed by atoms with Gasteiger partial charge in [0.15, 0.2) is 11.6 Å². The molecule has 1 aromatic rings. The first-order valence-corrected chi connectivity index (χ1v) is 7.35. The predicted molar refractivity (Wildman–Crippen MR) is 87.0 cm³/mol. The van der Waals surface area contributed by atoms with E-state index in [1.54, 1.807) is 13.8 Å². The van der Waals surface area contributed by atoms with Gasteiger partial charge in [-0.1, -0.05) is 24.1 Å². The zero-order chi connectivity index (χ0) is 16.3. The molecule has 0 saturated carbocycles. The van der Waals surface area contributed by atoms with E-state index in [1.807, 2.05) is 44.2 Å². The fourth-order valence-electron chi connectivity index (χ4n) is 3.65. The Kier molecular flexibility index (Phi) is 2.84. The smallest absolute Gasteiger partial charge is 0.170 e. The highest BCUT2D eigenvalue weighted by molar-refractivity contribution is 6.24. The van der Waals surface area contributed by atoms with Crippen LogP contribution in [-0.4, -0.2) is 11.6 Å². The standard InChI is InChI=1S/C20H18O2/c1-6-14-7-9-15(10-8-14)16-11-19(4)17(21)12(2)13(3)18(22)20(16,19)5/h1,7-11H,2-5H3. The Morgan fingerprint density at radius 1 is 0.955 bits per heavy atom. The summed E-state index contributed by atoms with van der Waals surface area (Å²) in [5.74, 6) is 2.68. The van der Waals surface area contributed by atoms with Gasteiger partial charge in [-0.05, 0) is 62.1 Å². The Balaban J connectivity index is 2.15. The Labute approximate surface area is 130 Å². The van der Waals surface area contributed by atoms with Crippen LogP contribution in [0.3, 0.4) is 0 Å². The third kappa shape index (κ3) is 1.46. The number of Topliss-reactive ketones (excluding diaryl/α,β-unsaturated/α-hetero) is 2. The van der Waals surface area contributed by atoms with Crippen molar-refractivity contribution in [2.24, 2.45) is 10.8 Å². The molecular weight excluding hydrogens is 272 g/mol. The van der Waals surface area contributed by atoms with Crippen molar-refractivity contribution < 1.29 is 9.59 Å². The Morgan fingerprint density at radius 2 is 1.50 bits per heavy atom. The molecule has 2 aliphatic carbocycles. The highest BCUT2D eigenvalue weighted by Crippen LogP contribution is 2.63. The van der Waals surface area contributed by atoms with Crippen molar-refractivity contribution in [1.82, 2.24) is 0 Å². The second-order valence-corrected chi connectivity index (χ2v) is 6.52. The lowest BCUT2D eigenvalue weighted by molar-refractivity contribution is -0.139. The third-order valence-corrected chi connectivity index (χ3v) is 5.54. The second kappa shape index (κ2) is 4.30. The average Bonchev–Trinajstić information content (AvgIpc) is 2.55. The summed E-state index contributed by atoms with van der Waals surface area (Å²) in [6, 6.07) is 7.56. The number of benzene rings is 1. The molecule has 0 fully saturated rings. The number of rotatable bonds is 1. The maximum absolute atomic E-state index is 12.9. The molecule has 22 heavy (non-hydrogen) atoms. The summed E-state index contributed by atoms with van der Waals surface area (Å²) in [4.78, 5) is 25.6. The molecule has 0 N–H and O–H groups in total. The summed E-state index contributed by atoms with van der Waals surface area (Å²) in [7, 11) is 0. The summed E-state index contributed by atoms with van der Waals surface area (Å²) in [5.41, 5.74) is 2.31. The normalized spacial score (nSPS) is 30.4. The SMILES string of the molecule is C#Cc1ccc(C2=CC3(C)C(=O)C(C)=C(C)C(=O)C23C)cc1. The molecule has 2 unspecified atom stereocenters. The van der Waals surface area contributed by atoms with E-state index < -0.39 is 10.8 Å². The molecule has 2 nitrogen and oxygen atoms in total. The van der Waals surface area contributed by atoms with Crippen molar-refractivity contribution in [2.75, 3.05) is 0 Å². The van der Waals surface area contributed by atoms with Crippen LogP contribution in [0.5, 0.6) is 0 Å². The van der Waals surface area contributed by atoms with Gasteiger partial charge in [-0.3, -0.25) is 9.59 Å². The van der Waals surface area contributed by atoms with Gasteiger partial charge in [0.25, 0.3) is 0 Å². The van der Waals surface area contributed by atoms with Crippen LogP contribution in [0.1, 0.15) is 38.8 Å². The van der Waals surface area contributed by atoms with Gasteiger partial charge in [-0.15, -0.1) is 6.42 Å². The predicted octanol–water partition coefficient (Wildman–Crippen LogP) is 3.57. The lowest BCUT2D eigenvalue weighted by Crippen LogP contribution is -2.58. The fourth-order valence-corrected chi connectivity index (χ4v) is 3.65. The minimum Gasteiger partial charge on any atom is -0.294 e. The van der Waals surface area contributed by atoms with Gasteiger partial charge < -0.3 is 0 Å². The van der Waals surface area contributed by atoms with E-state index in [1.165, 1.54) is 0 Å². The Morgan fingerprint density at radius 3 is 2.05 bits per heavy atom. The number of carbonyl (C=O) groups excluding carboxylic acids is 2. The topological polar surface area (TPSA) is 34.1 Å². The Bertz CT molecular complexity index is 814. The molecule has 0 saturated heterocycles. The first-order chi connectivity index (χ1) is 10.3. The van der Waals surface area contributed by atoms with Crippen molar-refractivity contribution in [2.45, 2.75) is 27.7 Å². The minimum atomic E-state index is -0.786. The maximum atomic E-state index is 12.9. The monoisotopic (exact) mass is 290 g/mol. The number of hydrogen-bond donors (Lipinski definition) is 0. The van der Waals surface area contributed by atoms with E-state index in [0.29, 0.717) is 11.1 Å². The van der Waals surface area contributed by atoms with E-state index in [2.05, 4.69) is 5.92 Å². The molecule has 0 spiro atoms. The van der Waals surface area contributed by atoms with Crippen molar-refractivity contribution in [3.05, 3.63) is 52.6 Å². The van der Waals surface area contributed by atoms with Crippen molar-refractivity contribution >= 4 is 17.1 Å². The van der Waals surface area contributed by atoms with Gasteiger partial charge in [0.05, 0.1) is 10.8 Å². The van der Waals surface area contributed by atoms with Gasteiger partial charge in [0.2, 0.25) is 0 Å². The van der Waals surface area contributed by atoms with Crippen LogP contribution in [0.2, 0.25) is 0 Å². The van der Waals surface area contributed by atoms with Crippen LogP contribution in [-0.2, 0) is 9.59 Å². The quantitative estimate of drug-likeness (QED) is 0.741. The lowest BCUT2D eigenvalue weighted by Gasteiger charge is -2.55. The van der Waals surface area contributed by atoms with Crippen LogP contribution < -0.4 is 0 Å². The first-order valence-electron chi connectivity index (χ1n) is 7.35. The molecule has 0 heterocycles. The molecule has 0 bridgehead atoms. The molecule has 0 aliphatic heterocycles. The van der Waals surface area contributed by atoms with E-state index >= 15 is 0 Å². The molecular formula is C20H18O2. The first kappa shape index (κ1) is 14.5. The number of ketones is 2. The minimum absolute atomic E-state index is 0.0469. The fraction of sp³-hybridized carbons (Fsp3) is 0.300. The van der Waals surface area contributed by atoms with Gasteiger partial charge in [-0.25, -0.2) is 0 Å². The van der Waals surface area contributed by atoms with Gasteiger partial charge >= 0.3 is 0 Å². The van der Waals surface area contributed by atoms with Crippen LogP contribution >= 0.6 is 0 Å². The number of terminal acetylenes is 1. The zero-order valence-electron chi connectivity index (χ0n) is 13.3. The molecule has 2 heteroatoms. The molecule has 2 atom stereocenters. The highest BCUT2D eigenvalue weighted by atomic mass is 16.1. The lowest BCUT2D eigenvalue weighted by atomic mass is 9.44. The summed E-state index contributed by atoms with van der Waals surface area (Å²) >= 11 is 0. The number of fused-ring (bicyclic) bond motifs is 1. The third-order valence-electron chi connectivity index (χ3n) is 5.54. The Hall–Kier alpha value is -2.40. The van der Waals surface area contributed by atoms with Crippen molar-refractivity contribution in [3.8, 4) is 12.3 Å². The summed E-state index contributed by atoms with van der Waals surface area (Å²) in [6.45, 7) is 7.24. The van der Waals surface area contributed by atoms with E-state index in [0.717, 1.165) is 16.7 Å². The zero-order valence-corrected chi connectivity index (χ0v) is 13.3. The molecule has 1 aromatic carbocycles. The van der Waals surface area contributed by atoms with Crippen LogP contribution in [0.4, 0.5) is 0 Å². The van der Waals surface area contributed by atoms with Crippen LogP contribution in [0.15, 0.2) is 41.5 Å². The largest absolute Gasteiger partial charge is 0.294 e. The maximum Gasteiger partial charge on any atom is 0.170 e. The van der Waals surface area contributed by atoms with Crippen molar-refractivity contribution in [3.63, 3.8) is 0 Å². The number of allylic oxidation sites excluding steroid dienone is 4. The number of carbonyl (C=O) groups is 2. The van der Waals surface area contributed by atoms with Crippen LogP contribution in [0, 0.1) is 23.2 Å². The summed E-state index contributed by atoms with van der Waals surface area (Å²) in [5, 5.41) is 0. The van der Waals surface area contributed by atoms with Gasteiger partial charge in [-0.2, -0.15) is 0 Å². The van der Waals surface area contributed by atoms with Crippen LogP contribution in [0.25, 0.3) is 5.57 Å². The molecule has 110 valence electrons. The number of hydrogen-bond acceptors (Lipinski definition) is 2. The molecule has 0 aromatic heterocycles. The second-order valence-electron chi connectivity index (χ2n) is 6.52.